The van der Waals surface area contributed by atoms with Crippen molar-refractivity contribution >= 4 is 11.8 Å². The molecule has 7 nitrogen and oxygen atoms in total. The number of rotatable bonds is 10. The highest BCUT2D eigenvalue weighted by Crippen LogP contribution is 2.28. The lowest BCUT2D eigenvalue weighted by molar-refractivity contribution is 0.0425. The van der Waals surface area contributed by atoms with Crippen LogP contribution in [0.25, 0.3) is 0 Å². The number of methoxy groups -OCH3 is 1. The molecule has 0 bridgehead atoms. The molecule has 0 saturated heterocycles. The van der Waals surface area contributed by atoms with E-state index < -0.39 is 11.8 Å². The lowest BCUT2D eigenvalue weighted by atomic mass is 10.0. The van der Waals surface area contributed by atoms with Crippen molar-refractivity contribution in [3.8, 4) is 23.0 Å². The predicted molar refractivity (Wildman–Crippen MR) is 138 cm³/mol. The molecule has 3 aromatic rings. The van der Waals surface area contributed by atoms with Crippen molar-refractivity contribution in [3.05, 3.63) is 83.4 Å². The van der Waals surface area contributed by atoms with Crippen LogP contribution in [0.5, 0.6) is 23.0 Å². The standard InChI is InChI=1S/C15H22O3.C14H12O4/c1-3-5-8-12(4-2)11-18-15(17)13-9-6-7-10-14(13)16;1-18-9-6-7-11(13(16)8-9)14(17)10-4-2-3-5-12(10)15/h6-7,9-10,12,16H,3-5,8,11H2,1-2H3;2-8,15-16H,1H3. The lowest BCUT2D eigenvalue weighted by Gasteiger charge is -2.14. The summed E-state index contributed by atoms with van der Waals surface area (Å²) in [6.45, 7) is 4.69. The van der Waals surface area contributed by atoms with E-state index in [-0.39, 0.29) is 33.9 Å². The van der Waals surface area contributed by atoms with Crippen LogP contribution >= 0.6 is 0 Å². The average Bonchev–Trinajstić information content (AvgIpc) is 2.89. The van der Waals surface area contributed by atoms with Crippen LogP contribution in [-0.2, 0) is 4.74 Å². The molecule has 0 aliphatic carbocycles. The molecule has 0 fully saturated rings. The maximum Gasteiger partial charge on any atom is 0.341 e. The fraction of sp³-hybridized carbons (Fsp3) is 0.310. The molecule has 3 rings (SSSR count). The predicted octanol–water partition coefficient (Wildman–Crippen LogP) is 6.10. The Morgan fingerprint density at radius 2 is 1.39 bits per heavy atom. The van der Waals surface area contributed by atoms with Crippen LogP contribution < -0.4 is 4.74 Å². The van der Waals surface area contributed by atoms with Gasteiger partial charge in [0.1, 0.15) is 28.6 Å². The molecule has 192 valence electrons. The summed E-state index contributed by atoms with van der Waals surface area (Å²) in [6.07, 6.45) is 4.41. The molecule has 3 N–H and O–H groups in total. The van der Waals surface area contributed by atoms with Crippen molar-refractivity contribution in [2.75, 3.05) is 13.7 Å². The summed E-state index contributed by atoms with van der Waals surface area (Å²) in [4.78, 5) is 23.9. The first-order valence-corrected chi connectivity index (χ1v) is 12.0. The van der Waals surface area contributed by atoms with Crippen LogP contribution in [0.1, 0.15) is 65.8 Å². The van der Waals surface area contributed by atoms with Crippen molar-refractivity contribution in [3.63, 3.8) is 0 Å². The summed E-state index contributed by atoms with van der Waals surface area (Å²) < 4.78 is 10.2. The van der Waals surface area contributed by atoms with Crippen molar-refractivity contribution in [2.24, 2.45) is 5.92 Å². The van der Waals surface area contributed by atoms with Crippen molar-refractivity contribution < 1.29 is 34.4 Å². The second-order valence-corrected chi connectivity index (χ2v) is 8.26. The minimum Gasteiger partial charge on any atom is -0.507 e. The lowest BCUT2D eigenvalue weighted by Crippen LogP contribution is -2.14. The van der Waals surface area contributed by atoms with Crippen molar-refractivity contribution in [1.82, 2.24) is 0 Å². The molecule has 3 aromatic carbocycles. The van der Waals surface area contributed by atoms with Gasteiger partial charge < -0.3 is 24.8 Å². The average molecular weight is 495 g/mol. The molecule has 0 saturated carbocycles. The molecular weight excluding hydrogens is 460 g/mol. The summed E-state index contributed by atoms with van der Waals surface area (Å²) in [5, 5.41) is 28.9. The number of phenolic OH excluding ortho intramolecular Hbond substituents is 3. The van der Waals surface area contributed by atoms with E-state index >= 15 is 0 Å². The number of esters is 1. The van der Waals surface area contributed by atoms with Crippen LogP contribution in [0, 0.1) is 5.92 Å². The van der Waals surface area contributed by atoms with E-state index in [2.05, 4.69) is 13.8 Å². The molecule has 0 aliphatic rings. The number of phenols is 3. The van der Waals surface area contributed by atoms with Gasteiger partial charge in [0.05, 0.1) is 24.8 Å². The van der Waals surface area contributed by atoms with Gasteiger partial charge in [0.15, 0.2) is 5.78 Å². The van der Waals surface area contributed by atoms with E-state index in [1.165, 1.54) is 37.4 Å². The maximum atomic E-state index is 12.1. The summed E-state index contributed by atoms with van der Waals surface area (Å²) in [5.41, 5.74) is 0.512. The Morgan fingerprint density at radius 3 is 1.92 bits per heavy atom. The van der Waals surface area contributed by atoms with E-state index in [9.17, 15) is 24.9 Å². The highest BCUT2D eigenvalue weighted by Gasteiger charge is 2.17. The summed E-state index contributed by atoms with van der Waals surface area (Å²) in [7, 11) is 1.47. The summed E-state index contributed by atoms with van der Waals surface area (Å²) in [6, 6.07) is 17.0. The third-order valence-corrected chi connectivity index (χ3v) is 5.72. The number of carbonyl (C=O) groups excluding carboxylic acids is 2. The third-order valence-electron chi connectivity index (χ3n) is 5.72. The van der Waals surface area contributed by atoms with E-state index in [0.29, 0.717) is 18.3 Å². The quantitative estimate of drug-likeness (QED) is 0.230. The summed E-state index contributed by atoms with van der Waals surface area (Å²) in [5.74, 6) is -0.318. The SMILES string of the molecule is CCCCC(CC)COC(=O)c1ccccc1O.COc1ccc(C(=O)c2ccccc2O)c(O)c1. The Bertz CT molecular complexity index is 1140. The fourth-order valence-corrected chi connectivity index (χ4v) is 3.46. The monoisotopic (exact) mass is 494 g/mol. The first-order valence-electron chi connectivity index (χ1n) is 12.0. The topological polar surface area (TPSA) is 113 Å². The van der Waals surface area contributed by atoms with Gasteiger partial charge in [-0.2, -0.15) is 0 Å². The van der Waals surface area contributed by atoms with Crippen LogP contribution in [0.4, 0.5) is 0 Å². The molecule has 1 atom stereocenters. The largest absolute Gasteiger partial charge is 0.507 e. The Balaban J connectivity index is 0.000000254. The van der Waals surface area contributed by atoms with Gasteiger partial charge in [0.25, 0.3) is 0 Å². The van der Waals surface area contributed by atoms with Gasteiger partial charge in [-0.25, -0.2) is 4.79 Å². The number of ketones is 1. The van der Waals surface area contributed by atoms with Crippen LogP contribution in [0.15, 0.2) is 66.7 Å². The molecule has 0 radical (unpaired) electrons. The number of ether oxygens (including phenoxy) is 2. The number of carbonyl (C=O) groups is 2. The van der Waals surface area contributed by atoms with E-state index in [4.69, 9.17) is 9.47 Å². The highest BCUT2D eigenvalue weighted by atomic mass is 16.5. The smallest absolute Gasteiger partial charge is 0.341 e. The Morgan fingerprint density at radius 1 is 0.806 bits per heavy atom. The highest BCUT2D eigenvalue weighted by molar-refractivity contribution is 6.12. The Kier molecular flexibility index (Phi) is 11.3. The number of unbranched alkanes of at least 4 members (excludes halogenated alkanes) is 1. The molecule has 7 heteroatoms. The number of hydrogen-bond donors (Lipinski definition) is 3. The molecule has 36 heavy (non-hydrogen) atoms. The van der Waals surface area contributed by atoms with Gasteiger partial charge in [0, 0.05) is 6.07 Å². The number of para-hydroxylation sites is 2. The number of aromatic hydroxyl groups is 3. The van der Waals surface area contributed by atoms with Crippen molar-refractivity contribution in [1.29, 1.82) is 0 Å². The molecular formula is C29H34O7. The molecule has 0 heterocycles. The Labute approximate surface area is 211 Å². The van der Waals surface area contributed by atoms with Crippen LogP contribution in [-0.4, -0.2) is 40.8 Å². The second kappa shape index (κ2) is 14.4. The zero-order valence-electron chi connectivity index (χ0n) is 20.9. The second-order valence-electron chi connectivity index (χ2n) is 8.26. The molecule has 0 aromatic heterocycles. The molecule has 0 spiro atoms. The van der Waals surface area contributed by atoms with E-state index in [1.807, 2.05) is 0 Å². The number of hydrogen-bond acceptors (Lipinski definition) is 7. The van der Waals surface area contributed by atoms with Gasteiger partial charge in [-0.1, -0.05) is 57.4 Å². The van der Waals surface area contributed by atoms with Gasteiger partial charge >= 0.3 is 5.97 Å². The van der Waals surface area contributed by atoms with Crippen LogP contribution in [0.3, 0.4) is 0 Å². The first-order chi connectivity index (χ1) is 17.3. The Hall–Kier alpha value is -4.00. The van der Waals surface area contributed by atoms with Gasteiger partial charge in [0.2, 0.25) is 0 Å². The maximum absolute atomic E-state index is 12.1. The molecule has 0 amide bonds. The van der Waals surface area contributed by atoms with Gasteiger partial charge in [-0.15, -0.1) is 0 Å². The van der Waals surface area contributed by atoms with E-state index in [0.717, 1.165) is 25.7 Å². The fourth-order valence-electron chi connectivity index (χ4n) is 3.46. The summed E-state index contributed by atoms with van der Waals surface area (Å²) >= 11 is 0. The zero-order valence-corrected chi connectivity index (χ0v) is 20.9. The van der Waals surface area contributed by atoms with Gasteiger partial charge in [-0.05, 0) is 48.7 Å². The number of benzene rings is 3. The van der Waals surface area contributed by atoms with E-state index in [1.54, 1.807) is 36.4 Å². The normalized spacial score (nSPS) is 11.1. The van der Waals surface area contributed by atoms with Crippen molar-refractivity contribution in [2.45, 2.75) is 39.5 Å². The molecule has 1 unspecified atom stereocenters. The first kappa shape index (κ1) is 28.2. The van der Waals surface area contributed by atoms with Crippen LogP contribution in [0.2, 0.25) is 0 Å². The minimum absolute atomic E-state index is 0.0240. The molecule has 0 aliphatic heterocycles. The third kappa shape index (κ3) is 8.05. The van der Waals surface area contributed by atoms with Gasteiger partial charge in [-0.3, -0.25) is 4.79 Å². The zero-order chi connectivity index (χ0) is 26.5. The minimum atomic E-state index is -0.442.